The van der Waals surface area contributed by atoms with E-state index in [1.165, 1.54) is 5.56 Å². The van der Waals surface area contributed by atoms with Gasteiger partial charge in [-0.15, -0.1) is 0 Å². The quantitative estimate of drug-likeness (QED) is 0.504. The van der Waals surface area contributed by atoms with Crippen LogP contribution in [0.5, 0.6) is 0 Å². The van der Waals surface area contributed by atoms with Gasteiger partial charge in [0.2, 0.25) is 0 Å². The van der Waals surface area contributed by atoms with Crippen LogP contribution in [0.2, 0.25) is 10.0 Å². The van der Waals surface area contributed by atoms with Crippen LogP contribution >= 0.6 is 46.4 Å². The lowest BCUT2D eigenvalue weighted by Gasteiger charge is -2.22. The van der Waals surface area contributed by atoms with E-state index in [9.17, 15) is 0 Å². The van der Waals surface area contributed by atoms with Gasteiger partial charge in [-0.25, -0.2) is 0 Å². The van der Waals surface area contributed by atoms with E-state index in [1.807, 2.05) is 18.6 Å². The first-order valence-electron chi connectivity index (χ1n) is 7.12. The number of hydrogen-bond donors (Lipinski definition) is 0. The maximum absolute atomic E-state index is 6.52. The van der Waals surface area contributed by atoms with Gasteiger partial charge in [-0.05, 0) is 42.2 Å². The minimum Gasteiger partial charge on any atom is -0.0872 e. The zero-order valence-corrected chi connectivity index (χ0v) is 15.4. The fourth-order valence-electron chi connectivity index (χ4n) is 2.60. The van der Waals surface area contributed by atoms with E-state index < -0.39 is 0 Å². The van der Waals surface area contributed by atoms with Gasteiger partial charge in [0.05, 0.1) is 15.1 Å². The Morgan fingerprint density at radius 1 is 0.783 bits per heavy atom. The van der Waals surface area contributed by atoms with Crippen molar-refractivity contribution in [2.24, 2.45) is 0 Å². The second-order valence-electron chi connectivity index (χ2n) is 5.42. The molecule has 0 aliphatic heterocycles. The summed E-state index contributed by atoms with van der Waals surface area (Å²) in [6.45, 7) is 2.06. The highest BCUT2D eigenvalue weighted by molar-refractivity contribution is 6.47. The average molecular weight is 383 g/mol. The van der Waals surface area contributed by atoms with Crippen LogP contribution in [-0.2, 0) is 0 Å². The van der Waals surface area contributed by atoms with E-state index in [-0.39, 0.29) is 0 Å². The monoisotopic (exact) mass is 381 g/mol. The van der Waals surface area contributed by atoms with E-state index in [1.54, 1.807) is 6.07 Å². The van der Waals surface area contributed by atoms with Crippen LogP contribution in [0.15, 0.2) is 52.5 Å². The van der Waals surface area contributed by atoms with Gasteiger partial charge < -0.3 is 0 Å². The maximum Gasteiger partial charge on any atom is 0.0635 e. The van der Waals surface area contributed by atoms with Crippen LogP contribution in [0.4, 0.5) is 0 Å². The summed E-state index contributed by atoms with van der Waals surface area (Å²) in [7, 11) is 0. The van der Waals surface area contributed by atoms with Crippen molar-refractivity contribution in [3.63, 3.8) is 0 Å². The molecule has 0 heterocycles. The molecule has 0 spiro atoms. The Morgan fingerprint density at radius 2 is 1.43 bits per heavy atom. The molecular formula is C19H13Cl4. The first-order chi connectivity index (χ1) is 11.0. The van der Waals surface area contributed by atoms with Crippen molar-refractivity contribution >= 4 is 57.5 Å². The third kappa shape index (κ3) is 3.46. The third-order valence-electron chi connectivity index (χ3n) is 3.82. The van der Waals surface area contributed by atoms with Crippen molar-refractivity contribution in [3.05, 3.63) is 85.7 Å². The van der Waals surface area contributed by atoms with Gasteiger partial charge in [0, 0.05) is 17.0 Å². The highest BCUT2D eigenvalue weighted by Gasteiger charge is 2.22. The third-order valence-corrected chi connectivity index (χ3v) is 5.40. The normalized spacial score (nSPS) is 15.3. The summed E-state index contributed by atoms with van der Waals surface area (Å²) in [5, 5.41) is 2.10. The van der Waals surface area contributed by atoms with Gasteiger partial charge in [0.15, 0.2) is 0 Å². The smallest absolute Gasteiger partial charge is 0.0635 e. The van der Waals surface area contributed by atoms with E-state index >= 15 is 0 Å². The van der Waals surface area contributed by atoms with Gasteiger partial charge in [-0.3, -0.25) is 0 Å². The van der Waals surface area contributed by atoms with Crippen LogP contribution in [0, 0.1) is 13.3 Å². The second kappa shape index (κ2) is 6.91. The molecule has 0 aromatic heterocycles. The number of halogens is 4. The highest BCUT2D eigenvalue weighted by atomic mass is 35.5. The molecule has 0 atom stereocenters. The van der Waals surface area contributed by atoms with Crippen molar-refractivity contribution in [2.75, 3.05) is 0 Å². The van der Waals surface area contributed by atoms with Crippen LogP contribution in [0.25, 0.3) is 11.1 Å². The van der Waals surface area contributed by atoms with Crippen LogP contribution in [0.3, 0.4) is 0 Å². The zero-order valence-electron chi connectivity index (χ0n) is 12.3. The van der Waals surface area contributed by atoms with Crippen molar-refractivity contribution in [1.82, 2.24) is 0 Å². The van der Waals surface area contributed by atoms with Crippen molar-refractivity contribution in [1.29, 1.82) is 0 Å². The minimum absolute atomic E-state index is 0.495. The second-order valence-corrected chi connectivity index (χ2v) is 7.02. The summed E-state index contributed by atoms with van der Waals surface area (Å²) in [5.41, 5.74) is 5.27. The Labute approximate surface area is 156 Å². The molecule has 0 fully saturated rings. The van der Waals surface area contributed by atoms with Crippen molar-refractivity contribution in [3.8, 4) is 0 Å². The van der Waals surface area contributed by atoms with E-state index in [0.717, 1.165) is 22.3 Å². The summed E-state index contributed by atoms with van der Waals surface area (Å²) in [6, 6.07) is 13.9. The predicted molar refractivity (Wildman–Crippen MR) is 102 cm³/mol. The Balaban J connectivity index is 2.23. The SMILES string of the molecule is Cc1ccc(C2=C(c3ccc(Cl)c(Cl)c3)C(Cl)=C(Cl)[CH]C2)cc1. The zero-order chi connectivity index (χ0) is 16.6. The first-order valence-corrected chi connectivity index (χ1v) is 8.63. The molecule has 23 heavy (non-hydrogen) atoms. The average Bonchev–Trinajstić information content (AvgIpc) is 2.54. The molecular weight excluding hydrogens is 370 g/mol. The number of allylic oxidation sites excluding steroid dienone is 4. The molecule has 2 aromatic rings. The summed E-state index contributed by atoms with van der Waals surface area (Å²) in [4.78, 5) is 0. The van der Waals surface area contributed by atoms with Gasteiger partial charge in [0.1, 0.15) is 0 Å². The molecule has 0 nitrogen and oxygen atoms in total. The summed E-state index contributed by atoms with van der Waals surface area (Å²) < 4.78 is 0. The molecule has 0 saturated heterocycles. The Bertz CT molecular complexity index is 814. The standard InChI is InChI=1S/C19H13Cl4/c1-11-2-4-12(5-3-11)14-7-9-16(21)19(23)18(14)13-6-8-15(20)17(22)10-13/h2-6,8-10H,7H2,1H3. The maximum atomic E-state index is 6.52. The Morgan fingerprint density at radius 3 is 2.09 bits per heavy atom. The lowest BCUT2D eigenvalue weighted by molar-refractivity contribution is 1.25. The molecule has 0 bridgehead atoms. The molecule has 1 aliphatic carbocycles. The van der Waals surface area contributed by atoms with E-state index in [4.69, 9.17) is 46.4 Å². The van der Waals surface area contributed by atoms with Crippen LogP contribution < -0.4 is 0 Å². The van der Waals surface area contributed by atoms with Crippen molar-refractivity contribution < 1.29 is 0 Å². The molecule has 0 unspecified atom stereocenters. The molecule has 4 heteroatoms. The molecule has 3 rings (SSSR count). The number of rotatable bonds is 2. The minimum atomic E-state index is 0.495. The lowest BCUT2D eigenvalue weighted by atomic mass is 9.87. The Kier molecular flexibility index (Phi) is 5.08. The molecule has 1 radical (unpaired) electrons. The first kappa shape index (κ1) is 16.9. The Hall–Kier alpha value is -0.920. The summed E-state index contributed by atoms with van der Waals surface area (Å²) in [6.07, 6.45) is 2.65. The van der Waals surface area contributed by atoms with Gasteiger partial charge in [-0.1, -0.05) is 82.3 Å². The largest absolute Gasteiger partial charge is 0.0872 e. The van der Waals surface area contributed by atoms with Crippen LogP contribution in [0.1, 0.15) is 23.1 Å². The topological polar surface area (TPSA) is 0 Å². The van der Waals surface area contributed by atoms with E-state index in [0.29, 0.717) is 26.5 Å². The molecule has 2 aromatic carbocycles. The number of aryl methyl sites for hydroxylation is 1. The lowest BCUT2D eigenvalue weighted by Crippen LogP contribution is -2.01. The van der Waals surface area contributed by atoms with Gasteiger partial charge in [0.25, 0.3) is 0 Å². The fraction of sp³-hybridized carbons (Fsp3) is 0.105. The molecule has 0 N–H and O–H groups in total. The molecule has 1 aliphatic rings. The molecule has 117 valence electrons. The number of benzene rings is 2. The molecule has 0 amide bonds. The summed E-state index contributed by atoms with van der Waals surface area (Å²) in [5.74, 6) is 0. The summed E-state index contributed by atoms with van der Waals surface area (Å²) >= 11 is 25.0. The van der Waals surface area contributed by atoms with E-state index in [2.05, 4.69) is 31.2 Å². The van der Waals surface area contributed by atoms with Crippen molar-refractivity contribution in [2.45, 2.75) is 13.3 Å². The fourth-order valence-corrected chi connectivity index (χ4v) is 3.37. The molecule has 0 saturated carbocycles. The van der Waals surface area contributed by atoms with Crippen LogP contribution in [-0.4, -0.2) is 0 Å². The van der Waals surface area contributed by atoms with Gasteiger partial charge in [-0.2, -0.15) is 0 Å². The van der Waals surface area contributed by atoms with Gasteiger partial charge >= 0.3 is 0 Å². The predicted octanol–water partition coefficient (Wildman–Crippen LogP) is 7.51. The number of hydrogen-bond acceptors (Lipinski definition) is 0. The highest BCUT2D eigenvalue weighted by Crippen LogP contribution is 2.44.